The minimum absolute atomic E-state index is 0.0574. The molecule has 188 valence electrons. The molecule has 0 saturated carbocycles. The summed E-state index contributed by atoms with van der Waals surface area (Å²) in [6, 6.07) is 3.73. The summed E-state index contributed by atoms with van der Waals surface area (Å²) in [6.07, 6.45) is -2.08. The smallest absolute Gasteiger partial charge is 0.353 e. The number of halogens is 5. The van der Waals surface area contributed by atoms with E-state index in [1.807, 2.05) is 18.7 Å². The molecule has 1 fully saturated rings. The Morgan fingerprint density at radius 3 is 2.54 bits per heavy atom. The summed E-state index contributed by atoms with van der Waals surface area (Å²) in [5.41, 5.74) is -0.754. The summed E-state index contributed by atoms with van der Waals surface area (Å²) in [6.45, 7) is 4.98. The number of benzene rings is 1. The second-order valence-electron chi connectivity index (χ2n) is 9.23. The molecular weight excluding hydrogens is 506 g/mol. The van der Waals surface area contributed by atoms with Gasteiger partial charge in [0.25, 0.3) is 0 Å². The van der Waals surface area contributed by atoms with Gasteiger partial charge in [0.2, 0.25) is 0 Å². The van der Waals surface area contributed by atoms with Crippen molar-refractivity contribution in [2.75, 3.05) is 23.7 Å². The van der Waals surface area contributed by atoms with Crippen molar-refractivity contribution in [2.24, 2.45) is 0 Å². The molecule has 6 nitrogen and oxygen atoms in total. The van der Waals surface area contributed by atoms with Crippen LogP contribution in [0.4, 0.5) is 23.4 Å². The maximum absolute atomic E-state index is 14.6. The lowest BCUT2D eigenvalue weighted by Gasteiger charge is -2.37. The molecule has 4 atom stereocenters. The standard InChI is InChI=1S/C23H24ClF4N5OS/c1-12-8-32(9-13(2)30-12)21-17-5-15(23(26,27)28)6-19-20(17)33(22(34)31-21)10-14(11-35(19)24)16-3-4-29-7-18(16)25/h3-7,12-14,30,35H,8-11H2,1-2H3/t12-,13+,14-/m0/s1. The molecule has 0 aliphatic carbocycles. The van der Waals surface area contributed by atoms with E-state index in [0.29, 0.717) is 24.2 Å². The number of nitrogens with zero attached hydrogens (tertiary/aromatic N) is 4. The highest BCUT2D eigenvalue weighted by molar-refractivity contribution is 8.36. The third kappa shape index (κ3) is 4.49. The SMILES string of the molecule is C[C@@H]1CN(c2nc(=O)n3c4c(cc(C(F)(F)F)cc24)[SH](Cl)C[C@@H](c2ccncc2F)C3)C[C@H](C)N1. The van der Waals surface area contributed by atoms with Crippen LogP contribution in [0.25, 0.3) is 10.9 Å². The molecule has 5 rings (SSSR count). The molecule has 2 aliphatic rings. The van der Waals surface area contributed by atoms with Crippen LogP contribution in [0.1, 0.15) is 30.9 Å². The van der Waals surface area contributed by atoms with Gasteiger partial charge in [-0.2, -0.15) is 18.2 Å². The lowest BCUT2D eigenvalue weighted by Crippen LogP contribution is -2.55. The van der Waals surface area contributed by atoms with Crippen LogP contribution in [-0.2, 0) is 12.7 Å². The van der Waals surface area contributed by atoms with Gasteiger partial charge >= 0.3 is 11.9 Å². The van der Waals surface area contributed by atoms with E-state index in [9.17, 15) is 22.4 Å². The van der Waals surface area contributed by atoms with E-state index in [0.717, 1.165) is 18.3 Å². The van der Waals surface area contributed by atoms with Crippen molar-refractivity contribution in [3.8, 4) is 0 Å². The van der Waals surface area contributed by atoms with Crippen LogP contribution in [0, 0.1) is 5.82 Å². The zero-order chi connectivity index (χ0) is 25.1. The molecule has 0 radical (unpaired) electrons. The largest absolute Gasteiger partial charge is 0.416 e. The summed E-state index contributed by atoms with van der Waals surface area (Å²) in [5.74, 6) is -0.623. The first-order valence-electron chi connectivity index (χ1n) is 11.2. The number of anilines is 1. The molecule has 3 aromatic rings. The zero-order valence-electron chi connectivity index (χ0n) is 19.0. The summed E-state index contributed by atoms with van der Waals surface area (Å²) in [5, 5.41) is 3.61. The van der Waals surface area contributed by atoms with Crippen molar-refractivity contribution < 1.29 is 17.6 Å². The topological polar surface area (TPSA) is 63.1 Å². The Kier molecular flexibility index (Phi) is 6.21. The Hall–Kier alpha value is -2.37. The maximum atomic E-state index is 14.6. The van der Waals surface area contributed by atoms with Gasteiger partial charge in [-0.25, -0.2) is 9.18 Å². The van der Waals surface area contributed by atoms with Crippen molar-refractivity contribution in [1.82, 2.24) is 19.9 Å². The van der Waals surface area contributed by atoms with Gasteiger partial charge in [0, 0.05) is 59.9 Å². The molecule has 1 saturated heterocycles. The fourth-order valence-electron chi connectivity index (χ4n) is 5.12. The summed E-state index contributed by atoms with van der Waals surface area (Å²) < 4.78 is 57.8. The second kappa shape index (κ2) is 8.94. The van der Waals surface area contributed by atoms with Gasteiger partial charge in [-0.05, 0) is 37.6 Å². The highest BCUT2D eigenvalue weighted by atomic mass is 35.7. The van der Waals surface area contributed by atoms with Gasteiger partial charge in [-0.3, -0.25) is 9.55 Å². The van der Waals surface area contributed by atoms with Crippen LogP contribution in [0.3, 0.4) is 0 Å². The predicted molar refractivity (Wildman–Crippen MR) is 130 cm³/mol. The second-order valence-corrected chi connectivity index (χ2v) is 12.0. The van der Waals surface area contributed by atoms with Crippen molar-refractivity contribution in [1.29, 1.82) is 0 Å². The summed E-state index contributed by atoms with van der Waals surface area (Å²) in [7, 11) is 5.12. The first-order chi connectivity index (χ1) is 16.5. The number of aromatic nitrogens is 3. The number of nitrogens with one attached hydrogen (secondary N) is 1. The Morgan fingerprint density at radius 2 is 1.89 bits per heavy atom. The van der Waals surface area contributed by atoms with Gasteiger partial charge in [-0.15, -0.1) is 10.1 Å². The third-order valence-corrected chi connectivity index (χ3v) is 9.09. The summed E-state index contributed by atoms with van der Waals surface area (Å²) in [4.78, 5) is 23.5. The van der Waals surface area contributed by atoms with E-state index in [-0.39, 0.29) is 40.5 Å². The van der Waals surface area contributed by atoms with Crippen LogP contribution in [-0.4, -0.2) is 45.5 Å². The van der Waals surface area contributed by atoms with Crippen LogP contribution >= 0.6 is 20.8 Å². The molecular formula is C23H24ClF4N5OS. The first kappa shape index (κ1) is 24.3. The molecule has 0 spiro atoms. The number of hydrogen-bond acceptors (Lipinski definition) is 5. The lowest BCUT2D eigenvalue weighted by atomic mass is 10.0. The molecule has 2 aliphatic heterocycles. The highest BCUT2D eigenvalue weighted by Crippen LogP contribution is 2.52. The molecule has 35 heavy (non-hydrogen) atoms. The molecule has 12 heteroatoms. The number of rotatable bonds is 2. The molecule has 4 heterocycles. The van der Waals surface area contributed by atoms with Crippen LogP contribution in [0.2, 0.25) is 0 Å². The number of piperazine rings is 1. The lowest BCUT2D eigenvalue weighted by molar-refractivity contribution is -0.137. The normalized spacial score (nSPS) is 26.1. The molecule has 1 aromatic carbocycles. The van der Waals surface area contributed by atoms with Gasteiger partial charge in [0.15, 0.2) is 0 Å². The van der Waals surface area contributed by atoms with Gasteiger partial charge < -0.3 is 10.2 Å². The fraction of sp³-hybridized carbons (Fsp3) is 0.435. The number of hydrogen-bond donors (Lipinski definition) is 2. The number of alkyl halides is 3. The maximum Gasteiger partial charge on any atom is 0.416 e. The van der Waals surface area contributed by atoms with E-state index < -0.39 is 39.3 Å². The minimum atomic E-state index is -4.61. The van der Waals surface area contributed by atoms with Crippen molar-refractivity contribution in [2.45, 2.75) is 49.5 Å². The Bertz CT molecular complexity index is 1340. The van der Waals surface area contributed by atoms with Gasteiger partial charge in [0.05, 0.1) is 17.3 Å². The average Bonchev–Trinajstić information content (AvgIpc) is 2.92. The Balaban J connectivity index is 1.76. The Morgan fingerprint density at radius 1 is 1.17 bits per heavy atom. The van der Waals surface area contributed by atoms with E-state index in [2.05, 4.69) is 15.3 Å². The monoisotopic (exact) mass is 529 g/mol. The molecule has 1 N–H and O–H groups in total. The molecule has 2 aromatic heterocycles. The van der Waals surface area contributed by atoms with Crippen molar-refractivity contribution in [3.63, 3.8) is 0 Å². The van der Waals surface area contributed by atoms with Gasteiger partial charge in [0.1, 0.15) is 11.6 Å². The predicted octanol–water partition coefficient (Wildman–Crippen LogP) is 4.45. The van der Waals surface area contributed by atoms with E-state index in [1.54, 1.807) is 0 Å². The first-order valence-corrected chi connectivity index (χ1v) is 13.7. The minimum Gasteiger partial charge on any atom is -0.353 e. The zero-order valence-corrected chi connectivity index (χ0v) is 20.6. The number of thiol groups is 1. The van der Waals surface area contributed by atoms with E-state index >= 15 is 0 Å². The van der Waals surface area contributed by atoms with Crippen LogP contribution in [0.15, 0.2) is 40.3 Å². The molecule has 0 amide bonds. The quantitative estimate of drug-likeness (QED) is 0.379. The van der Waals surface area contributed by atoms with Crippen LogP contribution < -0.4 is 15.9 Å². The van der Waals surface area contributed by atoms with Crippen molar-refractivity contribution >= 4 is 37.5 Å². The van der Waals surface area contributed by atoms with E-state index in [1.165, 1.54) is 16.8 Å². The number of pyridine rings is 1. The van der Waals surface area contributed by atoms with E-state index in [4.69, 9.17) is 10.7 Å². The fourth-order valence-corrected chi connectivity index (χ4v) is 7.65. The third-order valence-electron chi connectivity index (χ3n) is 6.51. The van der Waals surface area contributed by atoms with Crippen LogP contribution in [0.5, 0.6) is 0 Å². The molecule has 0 bridgehead atoms. The van der Waals surface area contributed by atoms with Gasteiger partial charge in [-0.1, -0.05) is 10.7 Å². The average molecular weight is 530 g/mol. The molecule has 1 unspecified atom stereocenters. The summed E-state index contributed by atoms with van der Waals surface area (Å²) >= 11 is 0. The van der Waals surface area contributed by atoms with Crippen molar-refractivity contribution in [3.05, 3.63) is 58.0 Å². The highest BCUT2D eigenvalue weighted by Gasteiger charge is 2.36. The Labute approximate surface area is 206 Å².